The van der Waals surface area contributed by atoms with Crippen LogP contribution in [0.15, 0.2) is 36.5 Å². The lowest BCUT2D eigenvalue weighted by molar-refractivity contribution is -0.123. The SMILES string of the molecule is CC1CCC(C(=O)N(c2nn(-c3ccccc3)cc2C(=O)O)C(C)C)CC1. The molecule has 0 unspecified atom stereocenters. The highest BCUT2D eigenvalue weighted by molar-refractivity contribution is 6.01. The highest BCUT2D eigenvalue weighted by Crippen LogP contribution is 2.32. The molecule has 0 radical (unpaired) electrons. The zero-order chi connectivity index (χ0) is 19.6. The molecule has 1 aromatic carbocycles. The Morgan fingerprint density at radius 3 is 2.33 bits per heavy atom. The molecule has 2 aromatic rings. The molecule has 27 heavy (non-hydrogen) atoms. The molecule has 3 rings (SSSR count). The van der Waals surface area contributed by atoms with Crippen LogP contribution in [0, 0.1) is 11.8 Å². The second-order valence-electron chi connectivity index (χ2n) is 7.71. The van der Waals surface area contributed by atoms with Crippen molar-refractivity contribution in [3.63, 3.8) is 0 Å². The second-order valence-corrected chi connectivity index (χ2v) is 7.71. The van der Waals surface area contributed by atoms with E-state index in [0.717, 1.165) is 31.4 Å². The first-order chi connectivity index (χ1) is 12.9. The smallest absolute Gasteiger partial charge is 0.341 e. The molecule has 0 atom stereocenters. The maximum Gasteiger partial charge on any atom is 0.341 e. The molecule has 1 heterocycles. The molecule has 1 N–H and O–H groups in total. The van der Waals surface area contributed by atoms with Crippen molar-refractivity contribution >= 4 is 17.7 Å². The maximum absolute atomic E-state index is 13.3. The number of carboxylic acids is 1. The van der Waals surface area contributed by atoms with E-state index in [1.807, 2.05) is 44.2 Å². The number of aromatic carboxylic acids is 1. The highest BCUT2D eigenvalue weighted by Gasteiger charge is 2.34. The van der Waals surface area contributed by atoms with Crippen molar-refractivity contribution in [2.75, 3.05) is 4.90 Å². The van der Waals surface area contributed by atoms with Crippen LogP contribution in [0.2, 0.25) is 0 Å². The van der Waals surface area contributed by atoms with Crippen molar-refractivity contribution in [1.82, 2.24) is 9.78 Å². The highest BCUT2D eigenvalue weighted by atomic mass is 16.4. The molecule has 1 saturated carbocycles. The number of carboxylic acid groups (broad SMARTS) is 1. The summed E-state index contributed by atoms with van der Waals surface area (Å²) >= 11 is 0. The summed E-state index contributed by atoms with van der Waals surface area (Å²) in [5.41, 5.74) is 0.805. The van der Waals surface area contributed by atoms with E-state index in [4.69, 9.17) is 0 Å². The Balaban J connectivity index is 1.98. The minimum absolute atomic E-state index is 0.0160. The van der Waals surface area contributed by atoms with Crippen LogP contribution in [0.5, 0.6) is 0 Å². The van der Waals surface area contributed by atoms with Gasteiger partial charge in [-0.1, -0.05) is 25.1 Å². The minimum atomic E-state index is -1.08. The van der Waals surface area contributed by atoms with E-state index in [1.165, 1.54) is 10.9 Å². The fourth-order valence-corrected chi connectivity index (χ4v) is 3.71. The first-order valence-electron chi connectivity index (χ1n) is 9.60. The van der Waals surface area contributed by atoms with E-state index >= 15 is 0 Å². The Kier molecular flexibility index (Phi) is 5.63. The van der Waals surface area contributed by atoms with E-state index in [-0.39, 0.29) is 29.2 Å². The molecule has 1 fully saturated rings. The van der Waals surface area contributed by atoms with Crippen LogP contribution in [0.1, 0.15) is 56.8 Å². The van der Waals surface area contributed by atoms with Gasteiger partial charge in [0.25, 0.3) is 0 Å². The number of carbonyl (C=O) groups is 2. The van der Waals surface area contributed by atoms with Gasteiger partial charge in [-0.2, -0.15) is 0 Å². The fourth-order valence-electron chi connectivity index (χ4n) is 3.71. The van der Waals surface area contributed by atoms with Crippen LogP contribution in [0.25, 0.3) is 5.69 Å². The van der Waals surface area contributed by atoms with Crippen LogP contribution in [0.4, 0.5) is 5.82 Å². The van der Waals surface area contributed by atoms with Crippen molar-refractivity contribution in [1.29, 1.82) is 0 Å². The zero-order valence-electron chi connectivity index (χ0n) is 16.1. The number of hydrogen-bond donors (Lipinski definition) is 1. The van der Waals surface area contributed by atoms with Gasteiger partial charge in [-0.15, -0.1) is 5.10 Å². The molecule has 1 amide bonds. The van der Waals surface area contributed by atoms with E-state index in [0.29, 0.717) is 5.92 Å². The standard InChI is InChI=1S/C21H27N3O3/c1-14(2)24(20(25)16-11-9-15(3)10-12-16)19-18(21(26)27)13-23(22-19)17-7-5-4-6-8-17/h4-8,13-16H,9-12H2,1-3H3,(H,26,27). The lowest BCUT2D eigenvalue weighted by Crippen LogP contribution is -2.43. The first-order valence-corrected chi connectivity index (χ1v) is 9.60. The minimum Gasteiger partial charge on any atom is -0.477 e. The van der Waals surface area contributed by atoms with Gasteiger partial charge in [0.15, 0.2) is 5.82 Å². The van der Waals surface area contributed by atoms with Gasteiger partial charge in [0.1, 0.15) is 5.56 Å². The Hall–Kier alpha value is -2.63. The Morgan fingerprint density at radius 1 is 1.15 bits per heavy atom. The maximum atomic E-state index is 13.3. The predicted octanol–water partition coefficient (Wildman–Crippen LogP) is 4.14. The first kappa shape index (κ1) is 19.1. The van der Waals surface area contributed by atoms with Crippen LogP contribution >= 0.6 is 0 Å². The normalized spacial score (nSPS) is 19.9. The van der Waals surface area contributed by atoms with E-state index in [2.05, 4.69) is 12.0 Å². The molecule has 0 bridgehead atoms. The number of hydrogen-bond acceptors (Lipinski definition) is 3. The molecule has 6 nitrogen and oxygen atoms in total. The van der Waals surface area contributed by atoms with Crippen molar-refractivity contribution in [2.45, 2.75) is 52.5 Å². The largest absolute Gasteiger partial charge is 0.477 e. The summed E-state index contributed by atoms with van der Waals surface area (Å²) in [4.78, 5) is 26.7. The molecular weight excluding hydrogens is 342 g/mol. The van der Waals surface area contributed by atoms with Crippen LogP contribution in [-0.4, -0.2) is 32.8 Å². The second kappa shape index (κ2) is 7.94. The molecule has 1 aromatic heterocycles. The van der Waals surface area contributed by atoms with E-state index in [1.54, 1.807) is 4.90 Å². The summed E-state index contributed by atoms with van der Waals surface area (Å²) in [5.74, 6) is -0.286. The summed E-state index contributed by atoms with van der Waals surface area (Å²) in [5, 5.41) is 14.2. The van der Waals surface area contributed by atoms with Crippen molar-refractivity contribution in [2.24, 2.45) is 11.8 Å². The zero-order valence-corrected chi connectivity index (χ0v) is 16.1. The van der Waals surface area contributed by atoms with Crippen molar-refractivity contribution in [3.8, 4) is 5.69 Å². The van der Waals surface area contributed by atoms with Gasteiger partial charge in [0, 0.05) is 18.2 Å². The molecule has 0 aliphatic heterocycles. The molecule has 144 valence electrons. The van der Waals surface area contributed by atoms with Gasteiger partial charge in [-0.25, -0.2) is 9.48 Å². The third kappa shape index (κ3) is 4.04. The topological polar surface area (TPSA) is 75.4 Å². The number of anilines is 1. The Bertz CT molecular complexity index is 805. The van der Waals surface area contributed by atoms with Crippen molar-refractivity contribution < 1.29 is 14.7 Å². The summed E-state index contributed by atoms with van der Waals surface area (Å²) < 4.78 is 1.53. The average Bonchev–Trinajstić information content (AvgIpc) is 3.08. The van der Waals surface area contributed by atoms with Gasteiger partial charge in [0.2, 0.25) is 5.91 Å². The number of para-hydroxylation sites is 1. The van der Waals surface area contributed by atoms with Gasteiger partial charge in [-0.05, 0) is 57.6 Å². The number of carbonyl (C=O) groups excluding carboxylic acids is 1. The number of amides is 1. The summed E-state index contributed by atoms with van der Waals surface area (Å²) in [6.07, 6.45) is 5.26. The van der Waals surface area contributed by atoms with E-state index in [9.17, 15) is 14.7 Å². The number of benzene rings is 1. The summed E-state index contributed by atoms with van der Waals surface area (Å²) in [6, 6.07) is 9.16. The lowest BCUT2D eigenvalue weighted by Gasteiger charge is -2.32. The van der Waals surface area contributed by atoms with Gasteiger partial charge >= 0.3 is 5.97 Å². The summed E-state index contributed by atoms with van der Waals surface area (Å²) in [6.45, 7) is 6.01. The predicted molar refractivity (Wildman–Crippen MR) is 104 cm³/mol. The molecule has 0 saturated heterocycles. The molecule has 6 heteroatoms. The quantitative estimate of drug-likeness (QED) is 0.859. The number of nitrogens with zero attached hydrogens (tertiary/aromatic N) is 3. The fraction of sp³-hybridized carbons (Fsp3) is 0.476. The third-order valence-electron chi connectivity index (χ3n) is 5.29. The Labute approximate surface area is 159 Å². The van der Waals surface area contributed by atoms with Crippen molar-refractivity contribution in [3.05, 3.63) is 42.1 Å². The molecule has 1 aliphatic rings. The van der Waals surface area contributed by atoms with Gasteiger partial charge in [0.05, 0.1) is 5.69 Å². The van der Waals surface area contributed by atoms with Gasteiger partial charge < -0.3 is 5.11 Å². The monoisotopic (exact) mass is 369 g/mol. The number of aromatic nitrogens is 2. The van der Waals surface area contributed by atoms with Crippen LogP contribution < -0.4 is 4.90 Å². The average molecular weight is 369 g/mol. The van der Waals surface area contributed by atoms with Gasteiger partial charge in [-0.3, -0.25) is 9.69 Å². The lowest BCUT2D eigenvalue weighted by atomic mass is 9.82. The molecular formula is C21H27N3O3. The van der Waals surface area contributed by atoms with E-state index < -0.39 is 5.97 Å². The van der Waals surface area contributed by atoms with Crippen LogP contribution in [-0.2, 0) is 4.79 Å². The molecule has 0 spiro atoms. The number of rotatable bonds is 5. The Morgan fingerprint density at radius 2 is 1.78 bits per heavy atom. The third-order valence-corrected chi connectivity index (χ3v) is 5.29. The van der Waals surface area contributed by atoms with Crippen LogP contribution in [0.3, 0.4) is 0 Å². The molecule has 1 aliphatic carbocycles. The summed E-state index contributed by atoms with van der Waals surface area (Å²) in [7, 11) is 0.